The summed E-state index contributed by atoms with van der Waals surface area (Å²) in [6.07, 6.45) is 1.73. The molecule has 1 saturated heterocycles. The van der Waals surface area contributed by atoms with E-state index in [1.165, 1.54) is 4.31 Å². The number of nitrogens with zero attached hydrogens (tertiary/aromatic N) is 1. The van der Waals surface area contributed by atoms with Gasteiger partial charge in [-0.1, -0.05) is 15.9 Å². The fraction of sp³-hybridized carbons (Fsp3) is 0.455. The van der Waals surface area contributed by atoms with Gasteiger partial charge in [-0.3, -0.25) is 0 Å². The first-order chi connectivity index (χ1) is 8.00. The highest BCUT2D eigenvalue weighted by atomic mass is 79.9. The third-order valence-electron chi connectivity index (χ3n) is 2.87. The molecule has 2 rings (SSSR count). The van der Waals surface area contributed by atoms with E-state index in [9.17, 15) is 8.42 Å². The lowest BCUT2D eigenvalue weighted by molar-refractivity contribution is 0.316. The minimum atomic E-state index is -3.38. The Hall–Kier alpha value is -0.430. The second-order valence-corrected chi connectivity index (χ2v) is 7.07. The molecule has 1 aliphatic rings. The van der Waals surface area contributed by atoms with Gasteiger partial charge in [0.25, 0.3) is 0 Å². The largest absolute Gasteiger partial charge is 0.327 e. The van der Waals surface area contributed by atoms with Crippen molar-refractivity contribution < 1.29 is 8.42 Å². The molecule has 0 aromatic heterocycles. The van der Waals surface area contributed by atoms with Gasteiger partial charge in [0.15, 0.2) is 0 Å². The van der Waals surface area contributed by atoms with Crippen LogP contribution in [0.4, 0.5) is 0 Å². The highest BCUT2D eigenvalue weighted by Gasteiger charge is 2.28. The van der Waals surface area contributed by atoms with Gasteiger partial charge in [-0.05, 0) is 37.1 Å². The molecule has 0 bridgehead atoms. The predicted molar refractivity (Wildman–Crippen MR) is 70.1 cm³/mol. The fourth-order valence-electron chi connectivity index (χ4n) is 1.95. The lowest BCUT2D eigenvalue weighted by atomic mass is 10.1. The summed E-state index contributed by atoms with van der Waals surface area (Å²) in [5, 5.41) is 0. The van der Waals surface area contributed by atoms with Crippen LogP contribution in [0.15, 0.2) is 33.6 Å². The quantitative estimate of drug-likeness (QED) is 0.900. The number of hydrogen-bond acceptors (Lipinski definition) is 3. The van der Waals surface area contributed by atoms with Crippen molar-refractivity contribution in [1.29, 1.82) is 0 Å². The van der Waals surface area contributed by atoms with E-state index in [1.54, 1.807) is 24.3 Å². The van der Waals surface area contributed by atoms with Crippen LogP contribution in [0.25, 0.3) is 0 Å². The zero-order valence-corrected chi connectivity index (χ0v) is 11.7. The van der Waals surface area contributed by atoms with Crippen LogP contribution < -0.4 is 5.73 Å². The Labute approximate surface area is 110 Å². The van der Waals surface area contributed by atoms with E-state index in [2.05, 4.69) is 15.9 Å². The SMILES string of the molecule is N[C@H]1CCCN(S(=O)(=O)c2ccc(Br)cc2)C1. The lowest BCUT2D eigenvalue weighted by Gasteiger charge is -2.29. The Morgan fingerprint density at radius 2 is 1.94 bits per heavy atom. The van der Waals surface area contributed by atoms with Crippen molar-refractivity contribution >= 4 is 26.0 Å². The lowest BCUT2D eigenvalue weighted by Crippen LogP contribution is -2.45. The summed E-state index contributed by atoms with van der Waals surface area (Å²) in [6.45, 7) is 0.977. The average Bonchev–Trinajstić information content (AvgIpc) is 2.29. The van der Waals surface area contributed by atoms with Crippen molar-refractivity contribution in [3.8, 4) is 0 Å². The monoisotopic (exact) mass is 318 g/mol. The molecule has 1 heterocycles. The molecule has 1 atom stereocenters. The normalized spacial score (nSPS) is 22.6. The number of rotatable bonds is 2. The van der Waals surface area contributed by atoms with Gasteiger partial charge >= 0.3 is 0 Å². The summed E-state index contributed by atoms with van der Waals surface area (Å²) in [5.74, 6) is 0. The first-order valence-corrected chi connectivity index (χ1v) is 7.75. The van der Waals surface area contributed by atoms with Gasteiger partial charge in [0, 0.05) is 23.6 Å². The zero-order chi connectivity index (χ0) is 12.5. The highest BCUT2D eigenvalue weighted by Crippen LogP contribution is 2.21. The Morgan fingerprint density at radius 3 is 2.53 bits per heavy atom. The molecule has 1 aromatic carbocycles. The van der Waals surface area contributed by atoms with E-state index in [-0.39, 0.29) is 6.04 Å². The topological polar surface area (TPSA) is 63.4 Å². The van der Waals surface area contributed by atoms with Gasteiger partial charge in [0.1, 0.15) is 0 Å². The highest BCUT2D eigenvalue weighted by molar-refractivity contribution is 9.10. The molecule has 17 heavy (non-hydrogen) atoms. The summed E-state index contributed by atoms with van der Waals surface area (Å²) in [6, 6.07) is 6.64. The molecular formula is C11H15BrN2O2S. The Morgan fingerprint density at radius 1 is 1.29 bits per heavy atom. The third-order valence-corrected chi connectivity index (χ3v) is 5.28. The predicted octanol–water partition coefficient (Wildman–Crippen LogP) is 1.56. The molecule has 2 N–H and O–H groups in total. The average molecular weight is 319 g/mol. The van der Waals surface area contributed by atoms with E-state index >= 15 is 0 Å². The van der Waals surface area contributed by atoms with Gasteiger partial charge < -0.3 is 5.73 Å². The van der Waals surface area contributed by atoms with E-state index < -0.39 is 10.0 Å². The maximum Gasteiger partial charge on any atom is 0.243 e. The summed E-state index contributed by atoms with van der Waals surface area (Å²) in [5.41, 5.74) is 5.81. The number of halogens is 1. The molecule has 6 heteroatoms. The van der Waals surface area contributed by atoms with E-state index in [0.717, 1.165) is 17.3 Å². The smallest absolute Gasteiger partial charge is 0.243 e. The molecule has 0 spiro atoms. The van der Waals surface area contributed by atoms with Gasteiger partial charge in [0.05, 0.1) is 4.90 Å². The minimum Gasteiger partial charge on any atom is -0.327 e. The van der Waals surface area contributed by atoms with Crippen molar-refractivity contribution in [3.05, 3.63) is 28.7 Å². The van der Waals surface area contributed by atoms with Crippen LogP contribution in [-0.2, 0) is 10.0 Å². The van der Waals surface area contributed by atoms with Crippen LogP contribution in [0.1, 0.15) is 12.8 Å². The Kier molecular flexibility index (Phi) is 3.87. The van der Waals surface area contributed by atoms with Crippen molar-refractivity contribution in [2.75, 3.05) is 13.1 Å². The van der Waals surface area contributed by atoms with E-state index in [4.69, 9.17) is 5.73 Å². The Bertz CT molecular complexity index is 487. The minimum absolute atomic E-state index is 0.0472. The van der Waals surface area contributed by atoms with E-state index in [1.807, 2.05) is 0 Å². The fourth-order valence-corrected chi connectivity index (χ4v) is 3.75. The maximum absolute atomic E-state index is 12.3. The molecule has 0 amide bonds. The molecule has 1 aliphatic heterocycles. The zero-order valence-electron chi connectivity index (χ0n) is 9.34. The van der Waals surface area contributed by atoms with Gasteiger partial charge in [-0.15, -0.1) is 0 Å². The molecular weight excluding hydrogens is 304 g/mol. The van der Waals surface area contributed by atoms with Crippen molar-refractivity contribution in [1.82, 2.24) is 4.31 Å². The van der Waals surface area contributed by atoms with Crippen LogP contribution in [-0.4, -0.2) is 31.9 Å². The van der Waals surface area contributed by atoms with Crippen molar-refractivity contribution in [3.63, 3.8) is 0 Å². The molecule has 1 aromatic rings. The van der Waals surface area contributed by atoms with Crippen molar-refractivity contribution in [2.24, 2.45) is 5.73 Å². The summed E-state index contributed by atoms with van der Waals surface area (Å²) in [7, 11) is -3.38. The number of hydrogen-bond donors (Lipinski definition) is 1. The third kappa shape index (κ3) is 2.88. The van der Waals surface area contributed by atoms with Gasteiger partial charge in [-0.25, -0.2) is 8.42 Å². The molecule has 1 fully saturated rings. The molecule has 94 valence electrons. The molecule has 0 unspecified atom stereocenters. The van der Waals surface area contributed by atoms with Gasteiger partial charge in [0.2, 0.25) is 10.0 Å². The number of sulfonamides is 1. The van der Waals surface area contributed by atoms with E-state index in [0.29, 0.717) is 18.0 Å². The van der Waals surface area contributed by atoms with Crippen LogP contribution >= 0.6 is 15.9 Å². The standard InChI is InChI=1S/C11H15BrN2O2S/c12-9-3-5-11(6-4-9)17(15,16)14-7-1-2-10(13)8-14/h3-6,10H,1-2,7-8,13H2/t10-/m0/s1. The number of benzene rings is 1. The van der Waals surface area contributed by atoms with Crippen LogP contribution in [0.3, 0.4) is 0 Å². The first-order valence-electron chi connectivity index (χ1n) is 5.51. The second kappa shape index (κ2) is 5.06. The van der Waals surface area contributed by atoms with Crippen molar-refractivity contribution in [2.45, 2.75) is 23.8 Å². The van der Waals surface area contributed by atoms with Crippen LogP contribution in [0.2, 0.25) is 0 Å². The Balaban J connectivity index is 2.26. The van der Waals surface area contributed by atoms with Crippen LogP contribution in [0, 0.1) is 0 Å². The molecule has 4 nitrogen and oxygen atoms in total. The summed E-state index contributed by atoms with van der Waals surface area (Å²) < 4.78 is 26.9. The molecule has 0 saturated carbocycles. The second-order valence-electron chi connectivity index (χ2n) is 4.22. The maximum atomic E-state index is 12.3. The number of nitrogens with two attached hydrogens (primary N) is 1. The number of piperidine rings is 1. The van der Waals surface area contributed by atoms with Crippen LogP contribution in [0.5, 0.6) is 0 Å². The first kappa shape index (κ1) is 13.0. The molecule has 0 radical (unpaired) electrons. The van der Waals surface area contributed by atoms with Gasteiger partial charge in [-0.2, -0.15) is 4.31 Å². The molecule has 0 aliphatic carbocycles. The summed E-state index contributed by atoms with van der Waals surface area (Å²) >= 11 is 3.29. The summed E-state index contributed by atoms with van der Waals surface area (Å²) in [4.78, 5) is 0.329.